The Morgan fingerprint density at radius 3 is 2.61 bits per heavy atom. The fourth-order valence-electron chi connectivity index (χ4n) is 1.52. The van der Waals surface area contributed by atoms with Crippen LogP contribution >= 0.6 is 0 Å². The van der Waals surface area contributed by atoms with Crippen molar-refractivity contribution in [3.8, 4) is 0 Å². The van der Waals surface area contributed by atoms with Crippen LogP contribution in [0.1, 0.15) is 45.5 Å². The number of ether oxygens (including phenoxy) is 2. The number of rotatable bonds is 5. The van der Waals surface area contributed by atoms with Crippen LogP contribution in [0, 0.1) is 5.41 Å². The molecule has 1 unspecified atom stereocenters. The molecule has 18 heavy (non-hydrogen) atoms. The van der Waals surface area contributed by atoms with Crippen molar-refractivity contribution >= 4 is 5.97 Å². The first-order chi connectivity index (χ1) is 8.38. The lowest BCUT2D eigenvalue weighted by molar-refractivity contribution is -0.140. The Morgan fingerprint density at radius 1 is 1.44 bits per heavy atom. The van der Waals surface area contributed by atoms with Crippen molar-refractivity contribution < 1.29 is 18.8 Å². The van der Waals surface area contributed by atoms with E-state index in [0.717, 1.165) is 0 Å². The Bertz CT molecular complexity index is 395. The maximum atomic E-state index is 11.1. The molecule has 0 saturated heterocycles. The van der Waals surface area contributed by atoms with Gasteiger partial charge in [0, 0.05) is 6.61 Å². The van der Waals surface area contributed by atoms with E-state index in [2.05, 4.69) is 14.9 Å². The summed E-state index contributed by atoms with van der Waals surface area (Å²) < 4.78 is 15.2. The van der Waals surface area contributed by atoms with E-state index in [-0.39, 0.29) is 23.8 Å². The van der Waals surface area contributed by atoms with Crippen LogP contribution in [-0.2, 0) is 20.7 Å². The number of esters is 1. The van der Waals surface area contributed by atoms with Gasteiger partial charge >= 0.3 is 5.97 Å². The predicted molar refractivity (Wildman–Crippen MR) is 63.8 cm³/mol. The minimum atomic E-state index is -0.408. The fourth-order valence-corrected chi connectivity index (χ4v) is 1.52. The lowest BCUT2D eigenvalue weighted by Crippen LogP contribution is -2.22. The number of methoxy groups -OCH3 is 1. The molecule has 0 bridgehead atoms. The second-order valence-corrected chi connectivity index (χ2v) is 5.00. The summed E-state index contributed by atoms with van der Waals surface area (Å²) in [5, 5.41) is 3.87. The highest BCUT2D eigenvalue weighted by Gasteiger charge is 2.31. The summed E-state index contributed by atoms with van der Waals surface area (Å²) in [6, 6.07) is 0. The van der Waals surface area contributed by atoms with Crippen LogP contribution in [-0.4, -0.2) is 29.8 Å². The molecule has 0 spiro atoms. The summed E-state index contributed by atoms with van der Waals surface area (Å²) in [5.41, 5.74) is -0.150. The minimum Gasteiger partial charge on any atom is -0.469 e. The van der Waals surface area contributed by atoms with Crippen molar-refractivity contribution in [2.75, 3.05) is 13.7 Å². The molecular formula is C12H20N2O4. The number of hydrogen-bond acceptors (Lipinski definition) is 6. The zero-order valence-electron chi connectivity index (χ0n) is 11.5. The molecular weight excluding hydrogens is 236 g/mol. The summed E-state index contributed by atoms with van der Waals surface area (Å²) in [7, 11) is 1.32. The van der Waals surface area contributed by atoms with Gasteiger partial charge < -0.3 is 14.0 Å². The Morgan fingerprint density at radius 2 is 2.11 bits per heavy atom. The molecule has 0 aliphatic rings. The van der Waals surface area contributed by atoms with Crippen LogP contribution in [0.5, 0.6) is 0 Å². The number of hydrogen-bond donors (Lipinski definition) is 0. The molecule has 6 heteroatoms. The third-order valence-electron chi connectivity index (χ3n) is 2.36. The summed E-state index contributed by atoms with van der Waals surface area (Å²) >= 11 is 0. The van der Waals surface area contributed by atoms with E-state index in [1.54, 1.807) is 0 Å². The van der Waals surface area contributed by atoms with Gasteiger partial charge in [0.1, 0.15) is 12.5 Å². The van der Waals surface area contributed by atoms with Gasteiger partial charge in [-0.1, -0.05) is 25.9 Å². The van der Waals surface area contributed by atoms with Crippen molar-refractivity contribution in [2.45, 2.75) is 40.2 Å². The highest BCUT2D eigenvalue weighted by molar-refractivity contribution is 5.71. The Hall–Kier alpha value is -1.43. The maximum absolute atomic E-state index is 11.1. The molecule has 0 fully saturated rings. The van der Waals surface area contributed by atoms with Crippen LogP contribution in [0.2, 0.25) is 0 Å². The predicted octanol–water partition coefficient (Wildman–Crippen LogP) is 1.91. The summed E-state index contributed by atoms with van der Waals surface area (Å²) in [6.07, 6.45) is -0.287. The molecule has 1 heterocycles. The van der Waals surface area contributed by atoms with Gasteiger partial charge in [-0.05, 0) is 12.3 Å². The van der Waals surface area contributed by atoms with Crippen molar-refractivity contribution in [2.24, 2.45) is 5.41 Å². The van der Waals surface area contributed by atoms with Gasteiger partial charge in [-0.3, -0.25) is 4.79 Å². The molecule has 1 rings (SSSR count). The van der Waals surface area contributed by atoms with Crippen molar-refractivity contribution in [3.63, 3.8) is 0 Å². The highest BCUT2D eigenvalue weighted by atomic mass is 16.5. The third-order valence-corrected chi connectivity index (χ3v) is 2.36. The molecule has 0 aliphatic heterocycles. The fraction of sp³-hybridized carbons (Fsp3) is 0.750. The Balaban J connectivity index is 2.84. The largest absolute Gasteiger partial charge is 0.469 e. The summed E-state index contributed by atoms with van der Waals surface area (Å²) in [4.78, 5) is 15.3. The first-order valence-corrected chi connectivity index (χ1v) is 5.89. The monoisotopic (exact) mass is 256 g/mol. The van der Waals surface area contributed by atoms with Gasteiger partial charge in [0.05, 0.1) is 7.11 Å². The van der Waals surface area contributed by atoms with Crippen molar-refractivity contribution in [1.82, 2.24) is 10.1 Å². The first-order valence-electron chi connectivity index (χ1n) is 5.89. The molecule has 1 aromatic rings. The smallest absolute Gasteiger partial charge is 0.315 e. The standard InChI is InChI=1S/C12H20N2O4/c1-6-17-10(12(2,3)4)11-13-8(18-14-11)7-9(15)16-5/h10H,6-7H2,1-5H3. The molecule has 0 radical (unpaired) electrons. The van der Waals surface area contributed by atoms with Gasteiger partial charge in [-0.15, -0.1) is 0 Å². The molecule has 1 aromatic heterocycles. The number of carbonyl (C=O) groups excluding carboxylic acids is 1. The van der Waals surface area contributed by atoms with Crippen LogP contribution < -0.4 is 0 Å². The van der Waals surface area contributed by atoms with Gasteiger partial charge in [0.15, 0.2) is 0 Å². The molecule has 0 amide bonds. The topological polar surface area (TPSA) is 74.5 Å². The number of aromatic nitrogens is 2. The second-order valence-electron chi connectivity index (χ2n) is 5.00. The Labute approximate surface area is 107 Å². The molecule has 0 N–H and O–H groups in total. The maximum Gasteiger partial charge on any atom is 0.315 e. The number of carbonyl (C=O) groups is 1. The van der Waals surface area contributed by atoms with Crippen molar-refractivity contribution in [1.29, 1.82) is 0 Å². The van der Waals surface area contributed by atoms with Crippen LogP contribution in [0.3, 0.4) is 0 Å². The van der Waals surface area contributed by atoms with Crippen LogP contribution in [0.15, 0.2) is 4.52 Å². The molecule has 6 nitrogen and oxygen atoms in total. The summed E-state index contributed by atoms with van der Waals surface area (Å²) in [6.45, 7) is 8.56. The van der Waals surface area contributed by atoms with Gasteiger partial charge in [-0.25, -0.2) is 0 Å². The zero-order valence-corrected chi connectivity index (χ0v) is 11.5. The lowest BCUT2D eigenvalue weighted by atomic mass is 9.88. The first kappa shape index (κ1) is 14.6. The summed E-state index contributed by atoms with van der Waals surface area (Å²) in [5.74, 6) is 0.294. The van der Waals surface area contributed by atoms with Crippen LogP contribution in [0.25, 0.3) is 0 Å². The number of nitrogens with zero attached hydrogens (tertiary/aromatic N) is 2. The SMILES string of the molecule is CCOC(c1noc(CC(=O)OC)n1)C(C)(C)C. The second kappa shape index (κ2) is 5.95. The van der Waals surface area contributed by atoms with Gasteiger partial charge in [0.25, 0.3) is 0 Å². The van der Waals surface area contributed by atoms with E-state index in [4.69, 9.17) is 9.26 Å². The minimum absolute atomic E-state index is 0.0213. The van der Waals surface area contributed by atoms with Gasteiger partial charge in [-0.2, -0.15) is 4.98 Å². The van der Waals surface area contributed by atoms with E-state index in [1.807, 2.05) is 27.7 Å². The van der Waals surface area contributed by atoms with E-state index in [9.17, 15) is 4.79 Å². The molecule has 0 aromatic carbocycles. The average Bonchev–Trinajstić information content (AvgIpc) is 2.72. The highest BCUT2D eigenvalue weighted by Crippen LogP contribution is 2.34. The van der Waals surface area contributed by atoms with Crippen LogP contribution in [0.4, 0.5) is 0 Å². The molecule has 1 atom stereocenters. The van der Waals surface area contributed by atoms with E-state index in [1.165, 1.54) is 7.11 Å². The van der Waals surface area contributed by atoms with E-state index in [0.29, 0.717) is 12.4 Å². The van der Waals surface area contributed by atoms with Crippen molar-refractivity contribution in [3.05, 3.63) is 11.7 Å². The third kappa shape index (κ3) is 3.80. The Kier molecular flexibility index (Phi) is 4.84. The lowest BCUT2D eigenvalue weighted by Gasteiger charge is -2.27. The molecule has 0 aliphatic carbocycles. The van der Waals surface area contributed by atoms with E-state index >= 15 is 0 Å². The average molecular weight is 256 g/mol. The van der Waals surface area contributed by atoms with Gasteiger partial charge in [0.2, 0.25) is 11.7 Å². The molecule has 0 saturated carbocycles. The quantitative estimate of drug-likeness (QED) is 0.749. The van der Waals surface area contributed by atoms with E-state index < -0.39 is 5.97 Å². The molecule has 102 valence electrons. The zero-order chi connectivity index (χ0) is 13.8. The normalized spacial score (nSPS) is 13.4.